The predicted molar refractivity (Wildman–Crippen MR) is 119 cm³/mol. The Morgan fingerprint density at radius 3 is 2.81 bits per heavy atom. The van der Waals surface area contributed by atoms with Gasteiger partial charge in [0.15, 0.2) is 0 Å². The van der Waals surface area contributed by atoms with Gasteiger partial charge in [0.25, 0.3) is 0 Å². The largest absolute Gasteiger partial charge is 0.495 e. The summed E-state index contributed by atoms with van der Waals surface area (Å²) >= 11 is 0. The van der Waals surface area contributed by atoms with Crippen molar-refractivity contribution in [3.05, 3.63) is 17.8 Å². The molecule has 2 amide bonds. The first-order valence-electron chi connectivity index (χ1n) is 11.1. The Balaban J connectivity index is 1.45. The van der Waals surface area contributed by atoms with E-state index in [0.717, 1.165) is 25.7 Å². The SMILES string of the molecule is CC[C@H](C)NC(=O)O[C@@H]1CC[C@H](C2CC(NC(=O)Cc3cc(OC)ncc3OC)=NN2)C1. The van der Waals surface area contributed by atoms with E-state index in [1.54, 1.807) is 6.07 Å². The summed E-state index contributed by atoms with van der Waals surface area (Å²) in [5.74, 6) is 1.70. The van der Waals surface area contributed by atoms with E-state index in [4.69, 9.17) is 14.2 Å². The topological polar surface area (TPSA) is 123 Å². The maximum atomic E-state index is 12.5. The molecule has 1 aromatic heterocycles. The number of nitrogens with one attached hydrogen (secondary N) is 3. The molecule has 3 N–H and O–H groups in total. The molecule has 1 fully saturated rings. The lowest BCUT2D eigenvalue weighted by molar-refractivity contribution is -0.119. The smallest absolute Gasteiger partial charge is 0.407 e. The maximum Gasteiger partial charge on any atom is 0.407 e. The summed E-state index contributed by atoms with van der Waals surface area (Å²) in [6.45, 7) is 3.97. The number of methoxy groups -OCH3 is 2. The molecule has 1 aliphatic heterocycles. The fourth-order valence-corrected chi connectivity index (χ4v) is 4.02. The summed E-state index contributed by atoms with van der Waals surface area (Å²) in [5.41, 5.74) is 3.82. The fourth-order valence-electron chi connectivity index (χ4n) is 4.02. The first-order chi connectivity index (χ1) is 15.4. The zero-order valence-corrected chi connectivity index (χ0v) is 19.1. The number of alkyl carbamates (subject to hydrolysis) is 1. The first kappa shape index (κ1) is 23.6. The van der Waals surface area contributed by atoms with Gasteiger partial charge in [0.1, 0.15) is 17.7 Å². The highest BCUT2D eigenvalue weighted by Crippen LogP contribution is 2.33. The Hall–Kier alpha value is -3.04. The van der Waals surface area contributed by atoms with Crippen LogP contribution in [0.2, 0.25) is 0 Å². The number of hydrogen-bond acceptors (Lipinski definition) is 8. The van der Waals surface area contributed by atoms with Gasteiger partial charge in [-0.25, -0.2) is 9.78 Å². The van der Waals surface area contributed by atoms with E-state index in [-0.39, 0.29) is 36.6 Å². The van der Waals surface area contributed by atoms with Crippen molar-refractivity contribution >= 4 is 17.8 Å². The molecule has 0 bridgehead atoms. The van der Waals surface area contributed by atoms with E-state index in [9.17, 15) is 9.59 Å². The van der Waals surface area contributed by atoms with Gasteiger partial charge in [-0.2, -0.15) is 5.10 Å². The third-order valence-electron chi connectivity index (χ3n) is 6.01. The van der Waals surface area contributed by atoms with Crippen LogP contribution in [-0.2, 0) is 16.0 Å². The highest BCUT2D eigenvalue weighted by atomic mass is 16.6. The average molecular weight is 448 g/mol. The number of carbonyl (C=O) groups excluding carboxylic acids is 2. The molecule has 10 nitrogen and oxygen atoms in total. The van der Waals surface area contributed by atoms with Crippen molar-refractivity contribution in [2.75, 3.05) is 14.2 Å². The lowest BCUT2D eigenvalue weighted by Crippen LogP contribution is -2.35. The van der Waals surface area contributed by atoms with Crippen molar-refractivity contribution < 1.29 is 23.8 Å². The predicted octanol–water partition coefficient (Wildman–Crippen LogP) is 2.13. The van der Waals surface area contributed by atoms with Crippen molar-refractivity contribution in [3.8, 4) is 11.6 Å². The van der Waals surface area contributed by atoms with Crippen molar-refractivity contribution in [1.82, 2.24) is 21.0 Å². The molecule has 176 valence electrons. The van der Waals surface area contributed by atoms with Crippen LogP contribution in [0.1, 0.15) is 51.5 Å². The Kier molecular flexibility index (Phi) is 8.13. The molecule has 1 aliphatic carbocycles. The quantitative estimate of drug-likeness (QED) is 0.558. The van der Waals surface area contributed by atoms with Gasteiger partial charge in [-0.3, -0.25) is 4.79 Å². The number of aromatic nitrogens is 1. The van der Waals surface area contributed by atoms with Crippen molar-refractivity contribution in [2.45, 2.75) is 70.6 Å². The molecule has 1 saturated carbocycles. The highest BCUT2D eigenvalue weighted by Gasteiger charge is 2.35. The molecule has 0 radical (unpaired) electrons. The van der Waals surface area contributed by atoms with Gasteiger partial charge >= 0.3 is 6.09 Å². The minimum Gasteiger partial charge on any atom is -0.495 e. The third-order valence-corrected chi connectivity index (χ3v) is 6.01. The minimum absolute atomic E-state index is 0.0846. The highest BCUT2D eigenvalue weighted by molar-refractivity contribution is 5.99. The zero-order chi connectivity index (χ0) is 23.1. The van der Waals surface area contributed by atoms with Crippen LogP contribution in [0.5, 0.6) is 11.6 Å². The monoisotopic (exact) mass is 447 g/mol. The van der Waals surface area contributed by atoms with Gasteiger partial charge < -0.3 is 30.3 Å². The minimum atomic E-state index is -0.350. The van der Waals surface area contributed by atoms with Crippen molar-refractivity contribution in [2.24, 2.45) is 11.0 Å². The molecule has 2 heterocycles. The summed E-state index contributed by atoms with van der Waals surface area (Å²) in [6.07, 6.45) is 5.28. The standard InChI is InChI=1S/C22H33N5O5/c1-5-13(2)24-22(29)32-16-7-6-14(8-16)17-11-19(27-26-17)25-20(28)9-15-10-21(31-4)23-12-18(15)30-3/h10,12-14,16-17,26H,5-9,11H2,1-4H3,(H,24,29)(H,25,27,28)/t13-,14-,16+,17?/m0/s1. The molecule has 4 atom stereocenters. The van der Waals surface area contributed by atoms with Gasteiger partial charge in [-0.1, -0.05) is 6.92 Å². The molecule has 10 heteroatoms. The number of nitrogens with zero attached hydrogens (tertiary/aromatic N) is 2. The van der Waals surface area contributed by atoms with Gasteiger partial charge in [-0.15, -0.1) is 0 Å². The van der Waals surface area contributed by atoms with Crippen molar-refractivity contribution in [1.29, 1.82) is 0 Å². The maximum absolute atomic E-state index is 12.5. The van der Waals surface area contributed by atoms with E-state index in [0.29, 0.717) is 35.4 Å². The van der Waals surface area contributed by atoms with E-state index in [1.165, 1.54) is 20.4 Å². The van der Waals surface area contributed by atoms with Gasteiger partial charge in [-0.05, 0) is 38.5 Å². The summed E-state index contributed by atoms with van der Waals surface area (Å²) < 4.78 is 16.0. The van der Waals surface area contributed by atoms with Crippen molar-refractivity contribution in [3.63, 3.8) is 0 Å². The molecule has 2 aliphatic rings. The van der Waals surface area contributed by atoms with E-state index in [1.807, 2.05) is 13.8 Å². The molecule has 3 rings (SSSR count). The Bertz CT molecular complexity index is 846. The molecular weight excluding hydrogens is 414 g/mol. The van der Waals surface area contributed by atoms with Crippen LogP contribution in [-0.4, -0.2) is 55.2 Å². The number of amides is 2. The lowest BCUT2D eigenvalue weighted by atomic mass is 9.96. The molecule has 1 unspecified atom stereocenters. The molecule has 0 aromatic carbocycles. The van der Waals surface area contributed by atoms with E-state index >= 15 is 0 Å². The number of hydrazone groups is 1. The van der Waals surface area contributed by atoms with Gasteiger partial charge in [0.05, 0.1) is 32.9 Å². The number of ether oxygens (including phenoxy) is 3. The average Bonchev–Trinajstić information content (AvgIpc) is 3.42. The van der Waals surface area contributed by atoms with Crippen LogP contribution in [0.15, 0.2) is 17.4 Å². The summed E-state index contributed by atoms with van der Waals surface area (Å²) in [4.78, 5) is 28.6. The molecule has 0 saturated heterocycles. The summed E-state index contributed by atoms with van der Waals surface area (Å²) in [6, 6.07) is 1.91. The second-order valence-corrected chi connectivity index (χ2v) is 8.32. The zero-order valence-electron chi connectivity index (χ0n) is 19.1. The number of pyridine rings is 1. The Morgan fingerprint density at radius 1 is 1.28 bits per heavy atom. The van der Waals surface area contributed by atoms with Crippen LogP contribution in [0.25, 0.3) is 0 Å². The Morgan fingerprint density at radius 2 is 2.09 bits per heavy atom. The number of amidine groups is 1. The summed E-state index contributed by atoms with van der Waals surface area (Å²) in [5, 5.41) is 10.0. The second kappa shape index (κ2) is 11.0. The van der Waals surface area contributed by atoms with Crippen LogP contribution < -0.4 is 25.5 Å². The number of rotatable bonds is 8. The normalized spacial score (nSPS) is 23.0. The first-order valence-corrected chi connectivity index (χ1v) is 11.1. The molecule has 1 aromatic rings. The summed E-state index contributed by atoms with van der Waals surface area (Å²) in [7, 11) is 3.06. The number of carbonyl (C=O) groups is 2. The van der Waals surface area contributed by atoms with Crippen LogP contribution in [0.4, 0.5) is 4.79 Å². The van der Waals surface area contributed by atoms with Crippen LogP contribution >= 0.6 is 0 Å². The molecule has 0 spiro atoms. The fraction of sp³-hybridized carbons (Fsp3) is 0.636. The van der Waals surface area contributed by atoms with Crippen LogP contribution in [0.3, 0.4) is 0 Å². The number of hydrogen-bond donors (Lipinski definition) is 3. The second-order valence-electron chi connectivity index (χ2n) is 8.32. The van der Waals surface area contributed by atoms with Gasteiger partial charge in [0, 0.05) is 24.1 Å². The van der Waals surface area contributed by atoms with E-state index < -0.39 is 0 Å². The van der Waals surface area contributed by atoms with Gasteiger partial charge in [0.2, 0.25) is 11.8 Å². The Labute approximate surface area is 188 Å². The third kappa shape index (κ3) is 6.24. The van der Waals surface area contributed by atoms with E-state index in [2.05, 4.69) is 26.1 Å². The van der Waals surface area contributed by atoms with Crippen LogP contribution in [0, 0.1) is 5.92 Å². The lowest BCUT2D eigenvalue weighted by Gasteiger charge is -2.19. The molecule has 32 heavy (non-hydrogen) atoms. The molecular formula is C22H33N5O5.